The van der Waals surface area contributed by atoms with Crippen LogP contribution in [0.1, 0.15) is 35.8 Å². The van der Waals surface area contributed by atoms with E-state index in [1.165, 1.54) is 0 Å². The van der Waals surface area contributed by atoms with Gasteiger partial charge in [0, 0.05) is 29.8 Å². The van der Waals surface area contributed by atoms with E-state index in [9.17, 15) is 4.79 Å². The minimum absolute atomic E-state index is 0.0376. The molecule has 4 aromatic rings. The fourth-order valence-corrected chi connectivity index (χ4v) is 3.86. The third-order valence-electron chi connectivity index (χ3n) is 5.57. The molecule has 1 amide bonds. The van der Waals surface area contributed by atoms with Crippen LogP contribution in [0.25, 0.3) is 22.4 Å². The number of unbranched alkanes of at least 4 members (excludes halogenated alkanes) is 1. The predicted octanol–water partition coefficient (Wildman–Crippen LogP) is 5.89. The number of carbonyl (C=O) groups is 1. The van der Waals surface area contributed by atoms with Crippen molar-refractivity contribution in [1.82, 2.24) is 5.32 Å². The standard InChI is InChI=1S/C29H28N2O/c1-2-3-19-30-29(32)28-21-26(24-15-9-5-10-16-24)20-27(25-17-11-6-12-18-25)31(28)22-23-13-7-4-8-14-23/h4-18,20-21H,2-3,19,22H2,1H3/p+1. The molecule has 0 aliphatic rings. The minimum Gasteiger partial charge on any atom is -0.347 e. The molecule has 32 heavy (non-hydrogen) atoms. The molecule has 0 spiro atoms. The summed E-state index contributed by atoms with van der Waals surface area (Å²) >= 11 is 0. The van der Waals surface area contributed by atoms with Crippen molar-refractivity contribution in [3.8, 4) is 22.4 Å². The average Bonchev–Trinajstić information content (AvgIpc) is 2.86. The van der Waals surface area contributed by atoms with E-state index in [-0.39, 0.29) is 5.91 Å². The number of amides is 1. The maximum atomic E-state index is 13.4. The highest BCUT2D eigenvalue weighted by molar-refractivity contribution is 5.92. The summed E-state index contributed by atoms with van der Waals surface area (Å²) < 4.78 is 2.14. The van der Waals surface area contributed by atoms with Crippen molar-refractivity contribution in [2.75, 3.05) is 6.54 Å². The van der Waals surface area contributed by atoms with Crippen molar-refractivity contribution in [2.24, 2.45) is 0 Å². The number of hydrogen-bond acceptors (Lipinski definition) is 1. The summed E-state index contributed by atoms with van der Waals surface area (Å²) in [5.41, 5.74) is 6.07. The Morgan fingerprint density at radius 1 is 0.750 bits per heavy atom. The second-order valence-electron chi connectivity index (χ2n) is 7.93. The Balaban J connectivity index is 1.90. The average molecular weight is 422 g/mol. The van der Waals surface area contributed by atoms with Gasteiger partial charge in [-0.05, 0) is 29.7 Å². The van der Waals surface area contributed by atoms with Crippen LogP contribution in [-0.2, 0) is 6.54 Å². The van der Waals surface area contributed by atoms with Gasteiger partial charge in [0.05, 0.1) is 0 Å². The summed E-state index contributed by atoms with van der Waals surface area (Å²) in [6.07, 6.45) is 2.01. The van der Waals surface area contributed by atoms with Gasteiger partial charge in [0.15, 0.2) is 6.54 Å². The highest BCUT2D eigenvalue weighted by Gasteiger charge is 2.26. The Hall–Kier alpha value is -3.72. The number of pyridine rings is 1. The maximum Gasteiger partial charge on any atom is 0.316 e. The monoisotopic (exact) mass is 421 g/mol. The van der Waals surface area contributed by atoms with Crippen molar-refractivity contribution in [3.05, 3.63) is 114 Å². The number of carbonyl (C=O) groups excluding carboxylic acids is 1. The highest BCUT2D eigenvalue weighted by Crippen LogP contribution is 2.25. The Morgan fingerprint density at radius 2 is 1.34 bits per heavy atom. The summed E-state index contributed by atoms with van der Waals surface area (Å²) in [6.45, 7) is 3.43. The Labute approximate surface area is 190 Å². The molecule has 0 fully saturated rings. The lowest BCUT2D eigenvalue weighted by Gasteiger charge is -2.13. The van der Waals surface area contributed by atoms with E-state index in [4.69, 9.17) is 0 Å². The normalized spacial score (nSPS) is 10.7. The molecule has 0 saturated heterocycles. The topological polar surface area (TPSA) is 33.0 Å². The molecular weight excluding hydrogens is 392 g/mol. The van der Waals surface area contributed by atoms with Gasteiger partial charge in [-0.1, -0.05) is 92.2 Å². The molecule has 0 atom stereocenters. The number of nitrogens with one attached hydrogen (secondary N) is 1. The smallest absolute Gasteiger partial charge is 0.316 e. The van der Waals surface area contributed by atoms with Gasteiger partial charge in [0.25, 0.3) is 5.69 Å². The number of rotatable bonds is 8. The Kier molecular flexibility index (Phi) is 7.08. The van der Waals surface area contributed by atoms with Crippen LogP contribution in [0.4, 0.5) is 0 Å². The maximum absolute atomic E-state index is 13.4. The largest absolute Gasteiger partial charge is 0.347 e. The molecule has 3 heteroatoms. The van der Waals surface area contributed by atoms with Gasteiger partial charge < -0.3 is 5.32 Å². The lowest BCUT2D eigenvalue weighted by Crippen LogP contribution is -2.46. The molecule has 3 nitrogen and oxygen atoms in total. The molecule has 0 saturated carbocycles. The fraction of sp³-hybridized carbons (Fsp3) is 0.172. The lowest BCUT2D eigenvalue weighted by atomic mass is 10.0. The van der Waals surface area contributed by atoms with Crippen LogP contribution in [0.3, 0.4) is 0 Å². The van der Waals surface area contributed by atoms with Gasteiger partial charge in [-0.3, -0.25) is 4.79 Å². The van der Waals surface area contributed by atoms with Crippen molar-refractivity contribution in [3.63, 3.8) is 0 Å². The van der Waals surface area contributed by atoms with Gasteiger partial charge in [-0.25, -0.2) is 0 Å². The van der Waals surface area contributed by atoms with Gasteiger partial charge >= 0.3 is 5.91 Å². The molecule has 1 N–H and O–H groups in total. The van der Waals surface area contributed by atoms with Crippen LogP contribution < -0.4 is 9.88 Å². The first-order valence-corrected chi connectivity index (χ1v) is 11.3. The van der Waals surface area contributed by atoms with Crippen LogP contribution >= 0.6 is 0 Å². The quantitative estimate of drug-likeness (QED) is 0.279. The van der Waals surface area contributed by atoms with E-state index in [2.05, 4.69) is 59.3 Å². The van der Waals surface area contributed by atoms with Gasteiger partial charge in [-0.2, -0.15) is 4.57 Å². The van der Waals surface area contributed by atoms with Crippen molar-refractivity contribution < 1.29 is 9.36 Å². The first-order chi connectivity index (χ1) is 15.8. The lowest BCUT2D eigenvalue weighted by molar-refractivity contribution is -0.679. The van der Waals surface area contributed by atoms with Gasteiger partial charge in [-0.15, -0.1) is 0 Å². The second kappa shape index (κ2) is 10.5. The van der Waals surface area contributed by atoms with E-state index in [0.717, 1.165) is 40.8 Å². The van der Waals surface area contributed by atoms with Crippen LogP contribution in [0.5, 0.6) is 0 Å². The molecule has 0 aliphatic heterocycles. The van der Waals surface area contributed by atoms with Crippen LogP contribution in [0.15, 0.2) is 103 Å². The molecular formula is C29H29N2O+. The summed E-state index contributed by atoms with van der Waals surface area (Å²) in [7, 11) is 0. The van der Waals surface area contributed by atoms with E-state index in [0.29, 0.717) is 18.8 Å². The molecule has 1 heterocycles. The molecule has 0 unspecified atom stereocenters. The summed E-state index contributed by atoms with van der Waals surface area (Å²) in [5.74, 6) is -0.0376. The number of aromatic nitrogens is 1. The zero-order valence-electron chi connectivity index (χ0n) is 18.5. The van der Waals surface area contributed by atoms with Gasteiger partial charge in [0.2, 0.25) is 5.69 Å². The van der Waals surface area contributed by atoms with Crippen molar-refractivity contribution in [1.29, 1.82) is 0 Å². The van der Waals surface area contributed by atoms with E-state index in [1.54, 1.807) is 0 Å². The van der Waals surface area contributed by atoms with E-state index >= 15 is 0 Å². The number of hydrogen-bond donors (Lipinski definition) is 1. The summed E-state index contributed by atoms with van der Waals surface area (Å²) in [5, 5.41) is 3.12. The second-order valence-corrected chi connectivity index (χ2v) is 7.93. The molecule has 1 aromatic heterocycles. The zero-order valence-corrected chi connectivity index (χ0v) is 18.5. The third-order valence-corrected chi connectivity index (χ3v) is 5.57. The predicted molar refractivity (Wildman–Crippen MR) is 130 cm³/mol. The Bertz CT molecular complexity index is 1160. The van der Waals surface area contributed by atoms with Crippen LogP contribution in [0, 0.1) is 0 Å². The molecule has 0 aliphatic carbocycles. The molecule has 0 radical (unpaired) electrons. The highest BCUT2D eigenvalue weighted by atomic mass is 16.1. The van der Waals surface area contributed by atoms with Gasteiger partial charge in [0.1, 0.15) is 0 Å². The SMILES string of the molecule is CCCCNC(=O)c1cc(-c2ccccc2)cc(-c2ccccc2)[n+]1Cc1ccccc1. The first kappa shape index (κ1) is 21.5. The van der Waals surface area contributed by atoms with Crippen LogP contribution in [-0.4, -0.2) is 12.5 Å². The van der Waals surface area contributed by atoms with E-state index < -0.39 is 0 Å². The Morgan fingerprint density at radius 3 is 1.97 bits per heavy atom. The number of nitrogens with zero attached hydrogens (tertiary/aromatic N) is 1. The summed E-state index contributed by atoms with van der Waals surface area (Å²) in [4.78, 5) is 13.4. The zero-order chi connectivity index (χ0) is 22.2. The third kappa shape index (κ3) is 5.12. The first-order valence-electron chi connectivity index (χ1n) is 11.3. The molecule has 160 valence electrons. The molecule has 4 rings (SSSR count). The number of benzene rings is 3. The summed E-state index contributed by atoms with van der Waals surface area (Å²) in [6, 6.07) is 35.1. The van der Waals surface area contributed by atoms with Crippen molar-refractivity contribution >= 4 is 5.91 Å². The van der Waals surface area contributed by atoms with E-state index in [1.807, 2.05) is 60.7 Å². The molecule has 0 bridgehead atoms. The van der Waals surface area contributed by atoms with Crippen LogP contribution in [0.2, 0.25) is 0 Å². The fourth-order valence-electron chi connectivity index (χ4n) is 3.86. The van der Waals surface area contributed by atoms with Crippen molar-refractivity contribution in [2.45, 2.75) is 26.3 Å². The minimum atomic E-state index is -0.0376. The molecule has 3 aromatic carbocycles.